The molecule has 0 aliphatic rings. The summed E-state index contributed by atoms with van der Waals surface area (Å²) in [6.07, 6.45) is 0. The van der Waals surface area contributed by atoms with Gasteiger partial charge in [-0.2, -0.15) is 0 Å². The van der Waals surface area contributed by atoms with Crippen LogP contribution in [0.1, 0.15) is 27.6 Å². The van der Waals surface area contributed by atoms with Crippen LogP contribution in [0.15, 0.2) is 48.5 Å². The topological polar surface area (TPSA) is 52.6 Å². The fraction of sp³-hybridized carbons (Fsp3) is 0.125. The third-order valence-corrected chi connectivity index (χ3v) is 2.79. The third-order valence-electron chi connectivity index (χ3n) is 2.79. The van der Waals surface area contributed by atoms with E-state index in [1.165, 1.54) is 6.92 Å². The van der Waals surface area contributed by atoms with Crippen LogP contribution in [0.4, 0.5) is 0 Å². The number of esters is 1. The summed E-state index contributed by atoms with van der Waals surface area (Å²) in [5.41, 5.74) is 0.776. The number of benzene rings is 2. The second-order valence-electron chi connectivity index (χ2n) is 4.17. The first kappa shape index (κ1) is 13.8. The molecule has 0 amide bonds. The number of carbonyl (C=O) groups excluding carboxylic acids is 2. The van der Waals surface area contributed by atoms with Crippen molar-refractivity contribution in [1.82, 2.24) is 0 Å². The Labute approximate surface area is 116 Å². The van der Waals surface area contributed by atoms with Crippen LogP contribution in [0.25, 0.3) is 0 Å². The minimum Gasteiger partial charge on any atom is -0.497 e. The van der Waals surface area contributed by atoms with Crippen molar-refractivity contribution in [3.05, 3.63) is 59.7 Å². The summed E-state index contributed by atoms with van der Waals surface area (Å²) in [7, 11) is 1.55. The Balaban J connectivity index is 2.21. The van der Waals surface area contributed by atoms with E-state index in [4.69, 9.17) is 9.47 Å². The first-order chi connectivity index (χ1) is 9.61. The first-order valence-electron chi connectivity index (χ1n) is 6.08. The van der Waals surface area contributed by atoms with Crippen LogP contribution < -0.4 is 9.47 Å². The highest BCUT2D eigenvalue weighted by molar-refractivity contribution is 5.99. The van der Waals surface area contributed by atoms with Gasteiger partial charge in [-0.3, -0.25) is 4.79 Å². The van der Waals surface area contributed by atoms with E-state index in [2.05, 4.69) is 0 Å². The summed E-state index contributed by atoms with van der Waals surface area (Å²) in [4.78, 5) is 23.5. The molecule has 0 heterocycles. The molecule has 2 aromatic rings. The fourth-order valence-electron chi connectivity index (χ4n) is 1.73. The number of carbonyl (C=O) groups is 2. The maximum absolute atomic E-state index is 12.0. The van der Waals surface area contributed by atoms with Gasteiger partial charge in [0.1, 0.15) is 11.5 Å². The molecule has 4 heteroatoms. The number of rotatable bonds is 4. The van der Waals surface area contributed by atoms with Crippen LogP contribution in [0, 0.1) is 0 Å². The highest BCUT2D eigenvalue weighted by Crippen LogP contribution is 2.20. The molecule has 0 saturated carbocycles. The number of hydrogen-bond donors (Lipinski definition) is 0. The fourth-order valence-corrected chi connectivity index (χ4v) is 1.73. The minimum atomic E-state index is -0.513. The second kappa shape index (κ2) is 6.02. The van der Waals surface area contributed by atoms with Crippen molar-refractivity contribution in [3.63, 3.8) is 0 Å². The van der Waals surface area contributed by atoms with Crippen LogP contribution in [-0.2, 0) is 0 Å². The Morgan fingerprint density at radius 3 is 2.20 bits per heavy atom. The molecule has 4 nitrogen and oxygen atoms in total. The number of ether oxygens (including phenoxy) is 2. The average Bonchev–Trinajstić information content (AvgIpc) is 2.47. The average molecular weight is 270 g/mol. The summed E-state index contributed by atoms with van der Waals surface area (Å²) >= 11 is 0. The predicted molar refractivity (Wildman–Crippen MR) is 74.4 cm³/mol. The lowest BCUT2D eigenvalue weighted by atomic mass is 10.1. The number of Topliss-reactive ketones (excluding diaryl/α,β-unsaturated/α-hetero) is 1. The maximum atomic E-state index is 12.0. The van der Waals surface area contributed by atoms with E-state index in [9.17, 15) is 9.59 Å². The zero-order chi connectivity index (χ0) is 14.5. The molecule has 0 aromatic heterocycles. The smallest absolute Gasteiger partial charge is 0.343 e. The lowest BCUT2D eigenvalue weighted by Crippen LogP contribution is -2.10. The Morgan fingerprint density at radius 1 is 0.950 bits per heavy atom. The van der Waals surface area contributed by atoms with Gasteiger partial charge in [-0.1, -0.05) is 12.1 Å². The quantitative estimate of drug-likeness (QED) is 0.486. The largest absolute Gasteiger partial charge is 0.497 e. The summed E-state index contributed by atoms with van der Waals surface area (Å²) in [5.74, 6) is 0.260. The Morgan fingerprint density at radius 2 is 1.60 bits per heavy atom. The molecule has 0 aliphatic heterocycles. The molecule has 0 atom stereocenters. The number of methoxy groups -OCH3 is 1. The van der Waals surface area contributed by atoms with E-state index >= 15 is 0 Å². The van der Waals surface area contributed by atoms with E-state index in [-0.39, 0.29) is 11.5 Å². The molecule has 102 valence electrons. The van der Waals surface area contributed by atoms with Gasteiger partial charge in [-0.25, -0.2) is 4.79 Å². The van der Waals surface area contributed by atoms with Crippen LogP contribution in [0.2, 0.25) is 0 Å². The van der Waals surface area contributed by atoms with Crippen molar-refractivity contribution >= 4 is 11.8 Å². The Bertz CT molecular complexity index is 629. The number of para-hydroxylation sites is 1. The molecular weight excluding hydrogens is 256 g/mol. The highest BCUT2D eigenvalue weighted by Gasteiger charge is 2.13. The molecule has 2 aromatic carbocycles. The van der Waals surface area contributed by atoms with Crippen molar-refractivity contribution in [2.45, 2.75) is 6.92 Å². The van der Waals surface area contributed by atoms with E-state index in [1.54, 1.807) is 55.6 Å². The molecule has 0 fully saturated rings. The SMILES string of the molecule is COc1ccc(C(=O)Oc2ccccc2C(C)=O)cc1. The van der Waals surface area contributed by atoms with Gasteiger partial charge in [-0.05, 0) is 43.3 Å². The summed E-state index contributed by atoms with van der Waals surface area (Å²) in [6.45, 7) is 1.43. The monoisotopic (exact) mass is 270 g/mol. The van der Waals surface area contributed by atoms with E-state index in [1.807, 2.05) is 0 Å². The van der Waals surface area contributed by atoms with Gasteiger partial charge >= 0.3 is 5.97 Å². The van der Waals surface area contributed by atoms with Gasteiger partial charge in [-0.15, -0.1) is 0 Å². The molecule has 2 rings (SSSR count). The molecule has 0 N–H and O–H groups in total. The van der Waals surface area contributed by atoms with E-state index in [0.717, 1.165) is 0 Å². The zero-order valence-electron chi connectivity index (χ0n) is 11.3. The van der Waals surface area contributed by atoms with E-state index < -0.39 is 5.97 Å². The molecule has 0 radical (unpaired) electrons. The van der Waals surface area contributed by atoms with Crippen LogP contribution in [-0.4, -0.2) is 18.9 Å². The Hall–Kier alpha value is -2.62. The predicted octanol–water partition coefficient (Wildman–Crippen LogP) is 3.12. The van der Waals surface area contributed by atoms with Crippen LogP contribution in [0.5, 0.6) is 11.5 Å². The van der Waals surface area contributed by atoms with Crippen molar-refractivity contribution < 1.29 is 19.1 Å². The molecule has 0 spiro atoms. The molecule has 0 unspecified atom stereocenters. The lowest BCUT2D eigenvalue weighted by Gasteiger charge is -2.08. The normalized spacial score (nSPS) is 9.90. The number of ketones is 1. The van der Waals surface area contributed by atoms with E-state index in [0.29, 0.717) is 16.9 Å². The van der Waals surface area contributed by atoms with Crippen molar-refractivity contribution in [3.8, 4) is 11.5 Å². The number of hydrogen-bond acceptors (Lipinski definition) is 4. The summed E-state index contributed by atoms with van der Waals surface area (Å²) < 4.78 is 10.3. The lowest BCUT2D eigenvalue weighted by molar-refractivity contribution is 0.0733. The van der Waals surface area contributed by atoms with Gasteiger partial charge in [0, 0.05) is 0 Å². The highest BCUT2D eigenvalue weighted by atomic mass is 16.5. The zero-order valence-corrected chi connectivity index (χ0v) is 11.3. The van der Waals surface area contributed by atoms with Crippen molar-refractivity contribution in [2.75, 3.05) is 7.11 Å². The first-order valence-corrected chi connectivity index (χ1v) is 6.08. The molecule has 0 saturated heterocycles. The van der Waals surface area contributed by atoms with Crippen LogP contribution >= 0.6 is 0 Å². The Kier molecular flexibility index (Phi) is 4.15. The van der Waals surface area contributed by atoms with Crippen molar-refractivity contribution in [1.29, 1.82) is 0 Å². The summed E-state index contributed by atoms with van der Waals surface area (Å²) in [5, 5.41) is 0. The molecular formula is C16H14O4. The van der Waals surface area contributed by atoms with Crippen molar-refractivity contribution in [2.24, 2.45) is 0 Å². The van der Waals surface area contributed by atoms with Gasteiger partial charge in [0.25, 0.3) is 0 Å². The van der Waals surface area contributed by atoms with Gasteiger partial charge in [0.15, 0.2) is 5.78 Å². The molecule has 0 bridgehead atoms. The van der Waals surface area contributed by atoms with Crippen LogP contribution in [0.3, 0.4) is 0 Å². The molecule has 0 aliphatic carbocycles. The molecule has 20 heavy (non-hydrogen) atoms. The third kappa shape index (κ3) is 3.03. The van der Waals surface area contributed by atoms with Gasteiger partial charge in [0.05, 0.1) is 18.2 Å². The second-order valence-corrected chi connectivity index (χ2v) is 4.17. The van der Waals surface area contributed by atoms with Gasteiger partial charge < -0.3 is 9.47 Å². The summed E-state index contributed by atoms with van der Waals surface area (Å²) in [6, 6.07) is 13.2. The maximum Gasteiger partial charge on any atom is 0.343 e. The standard InChI is InChI=1S/C16H14O4/c1-11(17)14-5-3-4-6-15(14)20-16(18)12-7-9-13(19-2)10-8-12/h3-10H,1-2H3. The minimum absolute atomic E-state index is 0.150. The van der Waals surface area contributed by atoms with Gasteiger partial charge in [0.2, 0.25) is 0 Å².